The summed E-state index contributed by atoms with van der Waals surface area (Å²) in [5.41, 5.74) is 3.74. The summed E-state index contributed by atoms with van der Waals surface area (Å²) in [5.74, 6) is -3.62. The molecule has 1 fully saturated rings. The van der Waals surface area contributed by atoms with Gasteiger partial charge in [0.05, 0.1) is 22.4 Å². The van der Waals surface area contributed by atoms with Gasteiger partial charge in [0, 0.05) is 24.0 Å². The summed E-state index contributed by atoms with van der Waals surface area (Å²) in [6.07, 6.45) is -0.162. The first-order valence-corrected chi connectivity index (χ1v) is 9.76. The van der Waals surface area contributed by atoms with Gasteiger partial charge in [0.2, 0.25) is 0 Å². The molecule has 11 heteroatoms. The molecule has 0 spiro atoms. The van der Waals surface area contributed by atoms with Gasteiger partial charge < -0.3 is 15.2 Å². The lowest BCUT2D eigenvalue weighted by atomic mass is 9.63. The van der Waals surface area contributed by atoms with Gasteiger partial charge in [-0.3, -0.25) is 25.0 Å². The minimum Gasteiger partial charge on any atom is -0.475 e. The number of ether oxygens (including phenoxy) is 2. The van der Waals surface area contributed by atoms with Crippen molar-refractivity contribution in [2.24, 2.45) is 17.1 Å². The Bertz CT molecular complexity index is 1000. The van der Waals surface area contributed by atoms with E-state index < -0.39 is 50.5 Å². The Kier molecular flexibility index (Phi) is 5.70. The van der Waals surface area contributed by atoms with Crippen LogP contribution in [0.1, 0.15) is 45.1 Å². The molecule has 3 rings (SSSR count). The lowest BCUT2D eigenvalue weighted by Crippen LogP contribution is -2.49. The minimum absolute atomic E-state index is 0.00552. The first-order valence-electron chi connectivity index (χ1n) is 9.76. The van der Waals surface area contributed by atoms with Gasteiger partial charge in [-0.2, -0.15) is 0 Å². The molecule has 2 N–H and O–H groups in total. The number of esters is 1. The van der Waals surface area contributed by atoms with Crippen molar-refractivity contribution in [1.29, 1.82) is 0 Å². The normalized spacial score (nSPS) is 24.7. The third kappa shape index (κ3) is 3.94. The standard InChI is InChI=1S/C20H23N3O8/c1-4-30-19(25)16-14(10-6-5-7-11(22(26)27)17(10)23(28)29)15-12(24)8-20(2,3)9-13(15)31-18(16)21/h5-7,13-15H,4,8-9,21H2,1-3H3. The molecular formula is C20H23N3O8. The van der Waals surface area contributed by atoms with Crippen LogP contribution in [-0.2, 0) is 19.1 Å². The fourth-order valence-corrected chi connectivity index (χ4v) is 4.55. The minimum atomic E-state index is -1.21. The molecule has 0 aromatic heterocycles. The Hall–Kier alpha value is -3.50. The van der Waals surface area contributed by atoms with Gasteiger partial charge in [-0.15, -0.1) is 0 Å². The average molecular weight is 433 g/mol. The first-order chi connectivity index (χ1) is 14.5. The van der Waals surface area contributed by atoms with Crippen LogP contribution in [-0.4, -0.2) is 34.3 Å². The molecule has 1 saturated carbocycles. The molecule has 0 bridgehead atoms. The summed E-state index contributed by atoms with van der Waals surface area (Å²) in [5, 5.41) is 23.3. The Balaban J connectivity index is 2.30. The van der Waals surface area contributed by atoms with E-state index in [1.54, 1.807) is 6.92 Å². The molecule has 3 unspecified atom stereocenters. The summed E-state index contributed by atoms with van der Waals surface area (Å²) in [6, 6.07) is 3.58. The number of nitrogens with zero attached hydrogens (tertiary/aromatic N) is 2. The molecule has 166 valence electrons. The van der Waals surface area contributed by atoms with Crippen LogP contribution in [0.4, 0.5) is 11.4 Å². The molecule has 31 heavy (non-hydrogen) atoms. The van der Waals surface area contributed by atoms with Crippen molar-refractivity contribution in [3.63, 3.8) is 0 Å². The Morgan fingerprint density at radius 2 is 1.97 bits per heavy atom. The lowest BCUT2D eigenvalue weighted by Gasteiger charge is -2.45. The average Bonchev–Trinajstić information content (AvgIpc) is 2.65. The number of hydrogen-bond donors (Lipinski definition) is 1. The second kappa shape index (κ2) is 7.97. The largest absolute Gasteiger partial charge is 0.475 e. The van der Waals surface area contributed by atoms with Crippen LogP contribution in [0.2, 0.25) is 0 Å². The highest BCUT2D eigenvalue weighted by molar-refractivity contribution is 5.95. The van der Waals surface area contributed by atoms with E-state index in [-0.39, 0.29) is 35.8 Å². The van der Waals surface area contributed by atoms with Gasteiger partial charge in [-0.25, -0.2) is 4.79 Å². The molecule has 0 saturated heterocycles. The first kappa shape index (κ1) is 22.2. The van der Waals surface area contributed by atoms with Crippen molar-refractivity contribution in [1.82, 2.24) is 0 Å². The highest BCUT2D eigenvalue weighted by Gasteiger charge is 2.54. The number of carbonyl (C=O) groups is 2. The van der Waals surface area contributed by atoms with Crippen molar-refractivity contribution in [2.75, 3.05) is 6.61 Å². The number of benzene rings is 1. The summed E-state index contributed by atoms with van der Waals surface area (Å²) in [6.45, 7) is 5.33. The SMILES string of the molecule is CCOC(=O)C1=C(N)OC2CC(C)(C)CC(=O)C2C1c1cccc([N+](=O)[O-])c1[N+](=O)[O-]. The number of carbonyl (C=O) groups excluding carboxylic acids is 2. The predicted molar refractivity (Wildman–Crippen MR) is 107 cm³/mol. The summed E-state index contributed by atoms with van der Waals surface area (Å²) in [7, 11) is 0. The van der Waals surface area contributed by atoms with E-state index in [0.717, 1.165) is 6.07 Å². The fourth-order valence-electron chi connectivity index (χ4n) is 4.55. The van der Waals surface area contributed by atoms with E-state index in [9.17, 15) is 29.8 Å². The topological polar surface area (TPSA) is 165 Å². The number of rotatable bonds is 5. The van der Waals surface area contributed by atoms with Gasteiger partial charge in [0.25, 0.3) is 0 Å². The van der Waals surface area contributed by atoms with Crippen LogP contribution < -0.4 is 5.73 Å². The number of nitro groups is 2. The number of Topliss-reactive ketones (excluding diaryl/α,β-unsaturated/α-hetero) is 1. The van der Waals surface area contributed by atoms with E-state index in [0.29, 0.717) is 6.42 Å². The summed E-state index contributed by atoms with van der Waals surface area (Å²) < 4.78 is 10.8. The van der Waals surface area contributed by atoms with Crippen molar-refractivity contribution in [3.8, 4) is 0 Å². The van der Waals surface area contributed by atoms with E-state index in [1.807, 2.05) is 13.8 Å². The molecule has 2 aliphatic rings. The van der Waals surface area contributed by atoms with Crippen molar-refractivity contribution < 1.29 is 28.9 Å². The summed E-state index contributed by atoms with van der Waals surface area (Å²) >= 11 is 0. The van der Waals surface area contributed by atoms with Gasteiger partial charge >= 0.3 is 17.3 Å². The monoisotopic (exact) mass is 433 g/mol. The maximum absolute atomic E-state index is 13.2. The van der Waals surface area contributed by atoms with Gasteiger partial charge in [-0.05, 0) is 18.8 Å². The second-order valence-corrected chi connectivity index (χ2v) is 8.40. The number of nitrogens with two attached hydrogens (primary N) is 1. The lowest BCUT2D eigenvalue weighted by molar-refractivity contribution is -0.423. The molecule has 1 aromatic carbocycles. The highest BCUT2D eigenvalue weighted by Crippen LogP contribution is 2.51. The van der Waals surface area contributed by atoms with E-state index in [1.165, 1.54) is 12.1 Å². The Morgan fingerprint density at radius 3 is 2.55 bits per heavy atom. The molecule has 1 aliphatic heterocycles. The Morgan fingerprint density at radius 1 is 1.29 bits per heavy atom. The molecule has 0 radical (unpaired) electrons. The number of ketones is 1. The molecule has 3 atom stereocenters. The van der Waals surface area contributed by atoms with Crippen LogP contribution in [0.25, 0.3) is 0 Å². The molecule has 0 amide bonds. The van der Waals surface area contributed by atoms with E-state index in [4.69, 9.17) is 15.2 Å². The van der Waals surface area contributed by atoms with Crippen molar-refractivity contribution in [2.45, 2.75) is 45.6 Å². The zero-order valence-electron chi connectivity index (χ0n) is 17.3. The molecule has 1 heterocycles. The maximum Gasteiger partial charge on any atom is 0.349 e. The fraction of sp³-hybridized carbons (Fsp3) is 0.500. The zero-order valence-corrected chi connectivity index (χ0v) is 17.3. The number of fused-ring (bicyclic) bond motifs is 1. The van der Waals surface area contributed by atoms with Gasteiger partial charge in [0.15, 0.2) is 5.88 Å². The van der Waals surface area contributed by atoms with Gasteiger partial charge in [-0.1, -0.05) is 26.0 Å². The van der Waals surface area contributed by atoms with Gasteiger partial charge in [0.1, 0.15) is 17.5 Å². The number of hydrogen-bond acceptors (Lipinski definition) is 9. The Labute approximate surface area is 177 Å². The van der Waals surface area contributed by atoms with Crippen LogP contribution in [0.3, 0.4) is 0 Å². The van der Waals surface area contributed by atoms with Crippen molar-refractivity contribution in [3.05, 3.63) is 55.4 Å². The molecular weight excluding hydrogens is 410 g/mol. The van der Waals surface area contributed by atoms with Crippen LogP contribution >= 0.6 is 0 Å². The zero-order chi connectivity index (χ0) is 23.1. The maximum atomic E-state index is 13.2. The smallest absolute Gasteiger partial charge is 0.349 e. The van der Waals surface area contributed by atoms with Crippen LogP contribution in [0, 0.1) is 31.6 Å². The quantitative estimate of drug-likeness (QED) is 0.417. The van der Waals surface area contributed by atoms with E-state index in [2.05, 4.69) is 0 Å². The predicted octanol–water partition coefficient (Wildman–Crippen LogP) is 2.72. The third-order valence-electron chi connectivity index (χ3n) is 5.65. The van der Waals surface area contributed by atoms with E-state index >= 15 is 0 Å². The molecule has 1 aromatic rings. The summed E-state index contributed by atoms with van der Waals surface area (Å²) in [4.78, 5) is 47.4. The van der Waals surface area contributed by atoms with Crippen LogP contribution in [0.5, 0.6) is 0 Å². The highest BCUT2D eigenvalue weighted by atomic mass is 16.6. The third-order valence-corrected chi connectivity index (χ3v) is 5.65. The van der Waals surface area contributed by atoms with Crippen molar-refractivity contribution >= 4 is 23.1 Å². The van der Waals surface area contributed by atoms with Crippen LogP contribution in [0.15, 0.2) is 29.7 Å². The molecule has 1 aliphatic carbocycles. The molecule has 11 nitrogen and oxygen atoms in total. The second-order valence-electron chi connectivity index (χ2n) is 8.40. The number of para-hydroxylation sites is 1. The number of nitro benzene ring substituents is 2.